The molecule has 2 atom stereocenters. The van der Waals surface area contributed by atoms with Crippen LogP contribution in [0.3, 0.4) is 0 Å². The number of pyridine rings is 2. The van der Waals surface area contributed by atoms with Crippen molar-refractivity contribution in [3.63, 3.8) is 0 Å². The lowest BCUT2D eigenvalue weighted by atomic mass is 9.92. The second kappa shape index (κ2) is 21.6. The summed E-state index contributed by atoms with van der Waals surface area (Å²) >= 11 is 7.10. The van der Waals surface area contributed by atoms with Crippen molar-refractivity contribution in [2.75, 3.05) is 14.2 Å². The van der Waals surface area contributed by atoms with Gasteiger partial charge in [0.05, 0.1) is 29.2 Å². The Labute approximate surface area is 353 Å². The largest absolute Gasteiger partial charge is 0.481 e. The van der Waals surface area contributed by atoms with Crippen LogP contribution >= 0.6 is 31.9 Å². The van der Waals surface area contributed by atoms with Crippen molar-refractivity contribution in [2.45, 2.75) is 84.8 Å². The first-order valence-corrected chi connectivity index (χ1v) is 19.9. The second-order valence-electron chi connectivity index (χ2n) is 13.5. The highest BCUT2D eigenvalue weighted by molar-refractivity contribution is 9.10. The van der Waals surface area contributed by atoms with Crippen LogP contribution in [-0.4, -0.2) is 64.9 Å². The lowest BCUT2D eigenvalue weighted by Gasteiger charge is -2.18. The van der Waals surface area contributed by atoms with Crippen LogP contribution in [0.15, 0.2) is 57.5 Å². The van der Waals surface area contributed by atoms with E-state index in [-0.39, 0.29) is 57.2 Å². The molecule has 0 aliphatic carbocycles. The van der Waals surface area contributed by atoms with Gasteiger partial charge in [-0.05, 0) is 111 Å². The topological polar surface area (TPSA) is 227 Å². The molecule has 2 amide bonds. The van der Waals surface area contributed by atoms with Gasteiger partial charge in [-0.25, -0.2) is 0 Å². The number of aromatic nitrogens is 2. The van der Waals surface area contributed by atoms with Crippen LogP contribution in [0.25, 0.3) is 11.1 Å². The molecule has 58 heavy (non-hydrogen) atoms. The number of nitrogens with two attached hydrogens (primary N) is 2. The minimum atomic E-state index is -1.10. The second-order valence-corrected chi connectivity index (χ2v) is 15.2. The Morgan fingerprint density at radius 1 is 0.690 bits per heavy atom. The molecule has 4 aromatic rings. The summed E-state index contributed by atoms with van der Waals surface area (Å²) in [6.45, 7) is 6.36. The molecule has 0 saturated carbocycles. The number of carbonyl (C=O) groups is 4. The monoisotopic (exact) mass is 926 g/mol. The standard InChI is InChI=1S/C41H48Br2N6O9/c1-22-25(20-57-39-31(42)16-27(37(48-39)55-4)18-46-33(24(3)50)12-14-35(44)51)8-6-10-29(22)30-11-7-9-26(23(30)2)21-58-40-32(43)17-28(38(49-40)56-5)19-47-34(41(53)54)13-15-36(45)52/h6-11,16-17,33-34,46-47H,12-15,18-21H2,1-5H3,(H2,44,51)(H2,45,52)(H,53,54)/t33-,34-/m0/s1. The predicted octanol–water partition coefficient (Wildman–Crippen LogP) is 5.58. The van der Waals surface area contributed by atoms with Gasteiger partial charge in [0.2, 0.25) is 35.3 Å². The number of carboxylic acids is 1. The third-order valence-electron chi connectivity index (χ3n) is 9.49. The Balaban J connectivity index is 1.46. The van der Waals surface area contributed by atoms with Gasteiger partial charge >= 0.3 is 5.97 Å². The highest BCUT2D eigenvalue weighted by Crippen LogP contribution is 2.34. The average Bonchev–Trinajstić information content (AvgIpc) is 3.17. The van der Waals surface area contributed by atoms with E-state index in [1.54, 1.807) is 6.07 Å². The maximum absolute atomic E-state index is 12.1. The number of carbonyl (C=O) groups excluding carboxylic acids is 3. The molecule has 0 saturated heterocycles. The van der Waals surface area contributed by atoms with Crippen molar-refractivity contribution in [3.8, 4) is 34.6 Å². The lowest BCUT2D eigenvalue weighted by Crippen LogP contribution is -2.37. The van der Waals surface area contributed by atoms with Gasteiger partial charge in [0, 0.05) is 37.1 Å². The first kappa shape index (κ1) is 45.6. The Bertz CT molecular complexity index is 1990. The molecule has 0 fully saturated rings. The van der Waals surface area contributed by atoms with Gasteiger partial charge in [0.25, 0.3) is 0 Å². The molecule has 7 N–H and O–H groups in total. The molecule has 17 heteroatoms. The van der Waals surface area contributed by atoms with Gasteiger partial charge in [-0.2, -0.15) is 9.97 Å². The first-order valence-electron chi connectivity index (χ1n) is 18.3. The third kappa shape index (κ3) is 12.4. The van der Waals surface area contributed by atoms with Crippen molar-refractivity contribution < 1.29 is 43.2 Å². The summed E-state index contributed by atoms with van der Waals surface area (Å²) < 4.78 is 24.6. The van der Waals surface area contributed by atoms with Gasteiger partial charge in [-0.15, -0.1) is 0 Å². The molecule has 0 aliphatic heterocycles. The molecule has 15 nitrogen and oxygen atoms in total. The van der Waals surface area contributed by atoms with Crippen molar-refractivity contribution in [1.29, 1.82) is 0 Å². The van der Waals surface area contributed by atoms with Gasteiger partial charge in [-0.1, -0.05) is 36.4 Å². The van der Waals surface area contributed by atoms with Crippen molar-refractivity contribution in [1.82, 2.24) is 20.6 Å². The van der Waals surface area contributed by atoms with E-state index in [2.05, 4.69) is 64.6 Å². The number of amides is 2. The molecule has 2 heterocycles. The van der Waals surface area contributed by atoms with Gasteiger partial charge in [-0.3, -0.25) is 19.2 Å². The van der Waals surface area contributed by atoms with E-state index < -0.39 is 29.9 Å². The van der Waals surface area contributed by atoms with Crippen LogP contribution < -0.4 is 41.0 Å². The molecule has 0 aliphatic rings. The Morgan fingerprint density at radius 3 is 1.48 bits per heavy atom. The van der Waals surface area contributed by atoms with Crippen LogP contribution in [0.5, 0.6) is 23.5 Å². The maximum atomic E-state index is 12.1. The molecule has 0 radical (unpaired) electrons. The van der Waals surface area contributed by atoms with E-state index in [1.165, 1.54) is 21.1 Å². The van der Waals surface area contributed by atoms with Crippen LogP contribution in [0, 0.1) is 13.8 Å². The van der Waals surface area contributed by atoms with Crippen molar-refractivity contribution in [3.05, 3.63) is 90.9 Å². The molecule has 0 spiro atoms. The van der Waals surface area contributed by atoms with Crippen LogP contribution in [0.1, 0.15) is 66.0 Å². The Hall–Kier alpha value is -5.10. The molecular formula is C41H48Br2N6O9. The van der Waals surface area contributed by atoms with Crippen molar-refractivity contribution >= 4 is 55.4 Å². The molecule has 0 unspecified atom stereocenters. The molecule has 2 aromatic carbocycles. The number of rotatable bonds is 23. The zero-order valence-electron chi connectivity index (χ0n) is 32.9. The summed E-state index contributed by atoms with van der Waals surface area (Å²) in [7, 11) is 2.97. The van der Waals surface area contributed by atoms with Crippen LogP contribution in [0.4, 0.5) is 0 Å². The quantitative estimate of drug-likeness (QED) is 0.0613. The number of hydrogen-bond donors (Lipinski definition) is 5. The molecule has 4 rings (SSSR count). The summed E-state index contributed by atoms with van der Waals surface area (Å²) in [6.07, 6.45) is 0.369. The van der Waals surface area contributed by atoms with Gasteiger partial charge < -0.3 is 46.2 Å². The fraction of sp³-hybridized carbons (Fsp3) is 0.366. The number of Topliss-reactive ketones (excluding diaryl/α,β-unsaturated/α-hetero) is 1. The van der Waals surface area contributed by atoms with E-state index in [0.29, 0.717) is 44.1 Å². The SMILES string of the molecule is COc1nc(OCc2cccc(-c3cccc(COc4nc(OC)c(CN[C@@H](CCC(N)=O)C(=O)O)cc4Br)c3C)c2C)c(Br)cc1CN[C@@H](CCC(N)=O)C(C)=O. The fourth-order valence-corrected chi connectivity index (χ4v) is 7.11. The first-order chi connectivity index (χ1) is 27.6. The fourth-order valence-electron chi connectivity index (χ4n) is 6.15. The predicted molar refractivity (Wildman–Crippen MR) is 223 cm³/mol. The zero-order chi connectivity index (χ0) is 42.5. The number of ketones is 1. The number of nitrogens with one attached hydrogen (secondary N) is 2. The highest BCUT2D eigenvalue weighted by atomic mass is 79.9. The minimum Gasteiger partial charge on any atom is -0.481 e. The van der Waals surface area contributed by atoms with E-state index in [0.717, 1.165) is 33.4 Å². The van der Waals surface area contributed by atoms with Gasteiger partial charge in [0.15, 0.2) is 0 Å². The number of benzene rings is 2. The summed E-state index contributed by atoms with van der Waals surface area (Å²) in [5, 5.41) is 15.6. The van der Waals surface area contributed by atoms with E-state index in [4.69, 9.17) is 30.4 Å². The number of hydrogen-bond acceptors (Lipinski definition) is 12. The lowest BCUT2D eigenvalue weighted by molar-refractivity contribution is -0.139. The number of nitrogens with zero attached hydrogens (tertiary/aromatic N) is 2. The summed E-state index contributed by atoms with van der Waals surface area (Å²) in [5.41, 5.74) is 17.7. The number of methoxy groups -OCH3 is 2. The Kier molecular flexibility index (Phi) is 17.0. The molecule has 2 aromatic heterocycles. The number of halogens is 2. The number of aliphatic carboxylic acids is 1. The minimum absolute atomic E-state index is 0.0481. The molecular weight excluding hydrogens is 880 g/mol. The smallest absolute Gasteiger partial charge is 0.320 e. The summed E-state index contributed by atoms with van der Waals surface area (Å²) in [5.74, 6) is -1.02. The van der Waals surface area contributed by atoms with E-state index in [9.17, 15) is 24.3 Å². The normalized spacial score (nSPS) is 12.1. The van der Waals surface area contributed by atoms with Crippen molar-refractivity contribution in [2.24, 2.45) is 11.5 Å². The average molecular weight is 929 g/mol. The number of ether oxygens (including phenoxy) is 4. The van der Waals surface area contributed by atoms with Crippen LogP contribution in [-0.2, 0) is 45.5 Å². The van der Waals surface area contributed by atoms with E-state index in [1.807, 2.05) is 44.2 Å². The van der Waals surface area contributed by atoms with Gasteiger partial charge in [0.1, 0.15) is 25.0 Å². The summed E-state index contributed by atoms with van der Waals surface area (Å²) in [6, 6.07) is 14.1. The van der Waals surface area contributed by atoms with Crippen LogP contribution in [0.2, 0.25) is 0 Å². The highest BCUT2D eigenvalue weighted by Gasteiger charge is 2.21. The zero-order valence-corrected chi connectivity index (χ0v) is 36.1. The number of primary amides is 2. The Morgan fingerprint density at radius 2 is 1.10 bits per heavy atom. The number of carboxylic acid groups (broad SMARTS) is 1. The maximum Gasteiger partial charge on any atom is 0.320 e. The molecule has 310 valence electrons. The summed E-state index contributed by atoms with van der Waals surface area (Å²) in [4.78, 5) is 55.3. The third-order valence-corrected chi connectivity index (χ3v) is 10.6. The molecule has 0 bridgehead atoms. The van der Waals surface area contributed by atoms with E-state index >= 15 is 0 Å².